The molecule has 4 N–H and O–H groups in total. The fourth-order valence-electron chi connectivity index (χ4n) is 2.76. The number of hydrogen-bond acceptors (Lipinski definition) is 8. The Balaban J connectivity index is 2.32. The molecule has 0 saturated heterocycles. The first-order valence-electron chi connectivity index (χ1n) is 9.57. The number of hydrogen-bond donors (Lipinski definition) is 4. The summed E-state index contributed by atoms with van der Waals surface area (Å²) in [4.78, 5) is 36.2. The quantitative estimate of drug-likeness (QED) is 0.262. The van der Waals surface area contributed by atoms with E-state index in [0.29, 0.717) is 5.56 Å². The van der Waals surface area contributed by atoms with Gasteiger partial charge in [-0.3, -0.25) is 20.1 Å². The van der Waals surface area contributed by atoms with Crippen LogP contribution in [0.1, 0.15) is 28.9 Å². The second-order valence-corrected chi connectivity index (χ2v) is 6.33. The van der Waals surface area contributed by atoms with Crippen molar-refractivity contribution >= 4 is 17.9 Å². The molecule has 0 bridgehead atoms. The van der Waals surface area contributed by atoms with Crippen LogP contribution in [-0.2, 0) is 14.3 Å². The van der Waals surface area contributed by atoms with Crippen LogP contribution >= 0.6 is 0 Å². The first-order valence-corrected chi connectivity index (χ1v) is 9.57. The summed E-state index contributed by atoms with van der Waals surface area (Å²) in [5, 5.41) is 21.0. The molecule has 32 heavy (non-hydrogen) atoms. The molecule has 0 saturated carbocycles. The van der Waals surface area contributed by atoms with E-state index in [1.54, 1.807) is 25.1 Å². The van der Waals surface area contributed by atoms with Gasteiger partial charge in [-0.1, -0.05) is 24.3 Å². The number of nitrogens with one attached hydrogen (secondary N) is 2. The average Bonchev–Trinajstić information content (AvgIpc) is 2.80. The summed E-state index contributed by atoms with van der Waals surface area (Å²) in [6.07, 6.45) is -0.968. The Bertz CT molecular complexity index is 962. The van der Waals surface area contributed by atoms with Crippen molar-refractivity contribution in [3.63, 3.8) is 0 Å². The zero-order valence-electron chi connectivity index (χ0n) is 17.5. The van der Waals surface area contributed by atoms with Crippen LogP contribution in [0, 0.1) is 0 Å². The molecule has 2 rings (SSSR count). The van der Waals surface area contributed by atoms with Gasteiger partial charge in [0, 0.05) is 18.2 Å². The molecule has 2 aromatic carbocycles. The highest BCUT2D eigenvalue weighted by Crippen LogP contribution is 2.33. The molecule has 0 aromatic heterocycles. The van der Waals surface area contributed by atoms with Gasteiger partial charge < -0.3 is 19.3 Å². The molecule has 0 unspecified atom stereocenters. The van der Waals surface area contributed by atoms with Crippen molar-refractivity contribution < 1.29 is 38.9 Å². The van der Waals surface area contributed by atoms with E-state index in [2.05, 4.69) is 5.32 Å². The van der Waals surface area contributed by atoms with Gasteiger partial charge in [-0.2, -0.15) is 0 Å². The fraction of sp³-hybridized carbons (Fsp3) is 0.227. The summed E-state index contributed by atoms with van der Waals surface area (Å²) in [5.74, 6) is -1.52. The Kier molecular flexibility index (Phi) is 9.21. The largest absolute Gasteiger partial charge is 0.504 e. The number of alkyl carbamates (subject to hydrolysis) is 1. The van der Waals surface area contributed by atoms with Gasteiger partial charge in [-0.25, -0.2) is 10.3 Å². The lowest BCUT2D eigenvalue weighted by atomic mass is 10.0. The lowest BCUT2D eigenvalue weighted by Gasteiger charge is -2.25. The number of hydroxylamine groups is 1. The van der Waals surface area contributed by atoms with E-state index in [1.165, 1.54) is 49.0 Å². The predicted octanol–water partition coefficient (Wildman–Crippen LogP) is 2.48. The summed E-state index contributed by atoms with van der Waals surface area (Å²) in [5.41, 5.74) is 2.01. The number of phenolic OH excluding ortho intramolecular Hbond substituents is 1. The summed E-state index contributed by atoms with van der Waals surface area (Å²) < 4.78 is 16.1. The second-order valence-electron chi connectivity index (χ2n) is 6.33. The van der Waals surface area contributed by atoms with Gasteiger partial charge in [-0.05, 0) is 42.8 Å². The number of ether oxygens (including phenoxy) is 3. The monoisotopic (exact) mass is 444 g/mol. The lowest BCUT2D eigenvalue weighted by molar-refractivity contribution is -0.124. The molecule has 0 aliphatic heterocycles. The first-order chi connectivity index (χ1) is 15.4. The maximum absolute atomic E-state index is 12.5. The molecule has 0 heterocycles. The standard InChI is InChI=1S/C22H24N2O8/c1-3-31-18(11-12-19(26)24-29)20(15-9-10-17(30-2)16(25)13-15)32-22(28)23-21(27)14-7-5-4-6-8-14/h4-13,18,20,25,29H,3H2,1-2H3,(H,24,26)(H,23,27,28)/b12-11+/t18-,20-/m1/s1. The van der Waals surface area contributed by atoms with Gasteiger partial charge in [0.1, 0.15) is 6.10 Å². The van der Waals surface area contributed by atoms with Gasteiger partial charge in [0.2, 0.25) is 0 Å². The van der Waals surface area contributed by atoms with Gasteiger partial charge in [0.25, 0.3) is 11.8 Å². The fourth-order valence-corrected chi connectivity index (χ4v) is 2.76. The van der Waals surface area contributed by atoms with Crippen LogP contribution in [0.15, 0.2) is 60.7 Å². The lowest BCUT2D eigenvalue weighted by Crippen LogP contribution is -2.35. The van der Waals surface area contributed by atoms with Crippen LogP contribution < -0.4 is 15.5 Å². The maximum Gasteiger partial charge on any atom is 0.414 e. The number of rotatable bonds is 9. The van der Waals surface area contributed by atoms with Crippen molar-refractivity contribution in [1.29, 1.82) is 0 Å². The summed E-state index contributed by atoms with van der Waals surface area (Å²) in [7, 11) is 1.38. The molecule has 0 aliphatic rings. The molecule has 2 atom stereocenters. The van der Waals surface area contributed by atoms with E-state index >= 15 is 0 Å². The van der Waals surface area contributed by atoms with Gasteiger partial charge in [0.05, 0.1) is 7.11 Å². The van der Waals surface area contributed by atoms with E-state index in [1.807, 2.05) is 0 Å². The highest BCUT2D eigenvalue weighted by molar-refractivity contribution is 6.02. The molecule has 10 nitrogen and oxygen atoms in total. The average molecular weight is 444 g/mol. The third-order valence-corrected chi connectivity index (χ3v) is 4.22. The third kappa shape index (κ3) is 6.83. The van der Waals surface area contributed by atoms with E-state index < -0.39 is 30.1 Å². The number of aromatic hydroxyl groups is 1. The third-order valence-electron chi connectivity index (χ3n) is 4.22. The van der Waals surface area contributed by atoms with Crippen molar-refractivity contribution in [3.8, 4) is 11.5 Å². The first kappa shape index (κ1) is 24.4. The van der Waals surface area contributed by atoms with Crippen LogP contribution in [0.5, 0.6) is 11.5 Å². The molecule has 10 heteroatoms. The second kappa shape index (κ2) is 12.1. The Morgan fingerprint density at radius 2 is 1.84 bits per heavy atom. The zero-order chi connectivity index (χ0) is 23.5. The van der Waals surface area contributed by atoms with Gasteiger partial charge in [0.15, 0.2) is 17.6 Å². The van der Waals surface area contributed by atoms with Crippen LogP contribution in [0.3, 0.4) is 0 Å². The van der Waals surface area contributed by atoms with Crippen LogP contribution in [-0.4, -0.2) is 48.0 Å². The molecule has 0 spiro atoms. The topological polar surface area (TPSA) is 143 Å². The van der Waals surface area contributed by atoms with Crippen molar-refractivity contribution in [3.05, 3.63) is 71.8 Å². The Morgan fingerprint density at radius 3 is 2.44 bits per heavy atom. The van der Waals surface area contributed by atoms with Crippen molar-refractivity contribution in [2.24, 2.45) is 0 Å². The number of carbonyl (C=O) groups excluding carboxylic acids is 3. The number of phenols is 1. The number of benzene rings is 2. The predicted molar refractivity (Wildman–Crippen MR) is 112 cm³/mol. The van der Waals surface area contributed by atoms with Crippen molar-refractivity contribution in [2.75, 3.05) is 13.7 Å². The molecule has 3 amide bonds. The molecular weight excluding hydrogens is 420 g/mol. The maximum atomic E-state index is 12.5. The molecule has 2 aromatic rings. The Morgan fingerprint density at radius 1 is 1.12 bits per heavy atom. The minimum Gasteiger partial charge on any atom is -0.504 e. The summed E-state index contributed by atoms with van der Waals surface area (Å²) >= 11 is 0. The normalized spacial score (nSPS) is 12.6. The number of amides is 3. The Hall–Kier alpha value is -3.89. The van der Waals surface area contributed by atoms with Gasteiger partial charge >= 0.3 is 6.09 Å². The van der Waals surface area contributed by atoms with Crippen LogP contribution in [0.25, 0.3) is 0 Å². The van der Waals surface area contributed by atoms with Crippen molar-refractivity contribution in [2.45, 2.75) is 19.1 Å². The van der Waals surface area contributed by atoms with E-state index in [0.717, 1.165) is 6.08 Å². The van der Waals surface area contributed by atoms with E-state index in [9.17, 15) is 19.5 Å². The van der Waals surface area contributed by atoms with E-state index in [-0.39, 0.29) is 23.7 Å². The molecule has 0 fully saturated rings. The highest BCUT2D eigenvalue weighted by Gasteiger charge is 2.28. The van der Waals surface area contributed by atoms with Crippen LogP contribution in [0.2, 0.25) is 0 Å². The minimum atomic E-state index is -1.17. The SMILES string of the molecule is CCO[C@H](/C=C/C(=O)NO)[C@H](OC(=O)NC(=O)c1ccccc1)c1ccc(OC)c(O)c1. The molecule has 170 valence electrons. The molecular formula is C22H24N2O8. The number of imide groups is 1. The molecule has 0 aliphatic carbocycles. The van der Waals surface area contributed by atoms with Gasteiger partial charge in [-0.15, -0.1) is 0 Å². The summed E-state index contributed by atoms with van der Waals surface area (Å²) in [6.45, 7) is 1.87. The van der Waals surface area contributed by atoms with Crippen LogP contribution in [0.4, 0.5) is 4.79 Å². The van der Waals surface area contributed by atoms with Crippen molar-refractivity contribution in [1.82, 2.24) is 10.8 Å². The zero-order valence-corrected chi connectivity index (χ0v) is 17.5. The highest BCUT2D eigenvalue weighted by atomic mass is 16.6. The summed E-state index contributed by atoms with van der Waals surface area (Å²) in [6, 6.07) is 12.4. The van der Waals surface area contributed by atoms with E-state index in [4.69, 9.17) is 19.4 Å². The Labute approximate surface area is 184 Å². The number of methoxy groups -OCH3 is 1. The smallest absolute Gasteiger partial charge is 0.414 e. The molecule has 0 radical (unpaired) electrons. The minimum absolute atomic E-state index is 0.183. The number of carbonyl (C=O) groups is 3.